The molecule has 1 aromatic heterocycles. The predicted octanol–water partition coefficient (Wildman–Crippen LogP) is -1.49. The van der Waals surface area contributed by atoms with E-state index >= 15 is 0 Å². The highest BCUT2D eigenvalue weighted by Gasteiger charge is 2.26. The van der Waals surface area contributed by atoms with E-state index < -0.39 is 10.0 Å². The Labute approximate surface area is 87.3 Å². The number of aromatic nitrogens is 2. The van der Waals surface area contributed by atoms with Crippen LogP contribution in [0.3, 0.4) is 0 Å². The van der Waals surface area contributed by atoms with Gasteiger partial charge >= 0.3 is 0 Å². The van der Waals surface area contributed by atoms with E-state index in [0.717, 1.165) is 0 Å². The van der Waals surface area contributed by atoms with Crippen molar-refractivity contribution in [2.75, 3.05) is 13.7 Å². The molecule has 2 heterocycles. The van der Waals surface area contributed by atoms with Crippen LogP contribution in [-0.2, 0) is 16.6 Å². The molecule has 1 atom stereocenters. The first kappa shape index (κ1) is 10.4. The molecular weight excluding hydrogens is 220 g/mol. The molecule has 84 valence electrons. The predicted molar refractivity (Wildman–Crippen MR) is 51.9 cm³/mol. The Balaban J connectivity index is 2.38. The Morgan fingerprint density at radius 3 is 3.07 bits per heavy atom. The Hall–Kier alpha value is -1.12. The van der Waals surface area contributed by atoms with Gasteiger partial charge < -0.3 is 10.1 Å². The number of hydrogen-bond acceptors (Lipinski definition) is 5. The molecule has 1 aromatic rings. The zero-order valence-corrected chi connectivity index (χ0v) is 8.99. The molecule has 15 heavy (non-hydrogen) atoms. The first-order valence-electron chi connectivity index (χ1n) is 4.41. The van der Waals surface area contributed by atoms with Crippen molar-refractivity contribution in [1.82, 2.24) is 15.1 Å². The van der Waals surface area contributed by atoms with Gasteiger partial charge in [0.2, 0.25) is 15.9 Å². The summed E-state index contributed by atoms with van der Waals surface area (Å²) < 4.78 is 29.1. The van der Waals surface area contributed by atoms with E-state index in [1.165, 1.54) is 10.9 Å². The SMILES string of the molecule is CNC1COc2c(S(N)(=O)=O)cnn2C1. The Bertz CT molecular complexity index is 467. The molecule has 0 aliphatic carbocycles. The smallest absolute Gasteiger partial charge is 0.245 e. The van der Waals surface area contributed by atoms with Crippen molar-refractivity contribution in [3.63, 3.8) is 0 Å². The molecule has 0 radical (unpaired) electrons. The number of hydrogen-bond donors (Lipinski definition) is 2. The summed E-state index contributed by atoms with van der Waals surface area (Å²) >= 11 is 0. The monoisotopic (exact) mass is 232 g/mol. The molecule has 0 saturated carbocycles. The van der Waals surface area contributed by atoms with Gasteiger partial charge in [-0.1, -0.05) is 0 Å². The van der Waals surface area contributed by atoms with Crippen LogP contribution in [-0.4, -0.2) is 37.9 Å². The summed E-state index contributed by atoms with van der Waals surface area (Å²) in [6.45, 7) is 0.978. The molecule has 1 aliphatic rings. The molecule has 1 unspecified atom stereocenters. The topological polar surface area (TPSA) is 99.2 Å². The third kappa shape index (κ3) is 1.83. The number of rotatable bonds is 2. The average molecular weight is 232 g/mol. The molecule has 3 N–H and O–H groups in total. The zero-order valence-electron chi connectivity index (χ0n) is 8.17. The normalized spacial score (nSPS) is 20.8. The second kappa shape index (κ2) is 3.47. The number of nitrogens with two attached hydrogens (primary N) is 1. The van der Waals surface area contributed by atoms with Gasteiger partial charge in [0, 0.05) is 0 Å². The van der Waals surface area contributed by atoms with Gasteiger partial charge in [-0.05, 0) is 7.05 Å². The lowest BCUT2D eigenvalue weighted by Gasteiger charge is -2.23. The van der Waals surface area contributed by atoms with Gasteiger partial charge in [-0.2, -0.15) is 5.10 Å². The minimum Gasteiger partial charge on any atom is -0.475 e. The minimum absolute atomic E-state index is 0.0583. The van der Waals surface area contributed by atoms with Crippen LogP contribution in [0.25, 0.3) is 0 Å². The van der Waals surface area contributed by atoms with Crippen molar-refractivity contribution in [2.45, 2.75) is 17.5 Å². The van der Waals surface area contributed by atoms with Crippen molar-refractivity contribution >= 4 is 10.0 Å². The molecule has 7 nitrogen and oxygen atoms in total. The fourth-order valence-electron chi connectivity index (χ4n) is 1.44. The molecule has 0 spiro atoms. The first-order chi connectivity index (χ1) is 7.02. The Kier molecular flexibility index (Phi) is 2.41. The van der Waals surface area contributed by atoms with Crippen LogP contribution in [0.2, 0.25) is 0 Å². The quantitative estimate of drug-likeness (QED) is 0.647. The molecule has 0 bridgehead atoms. The number of primary sulfonamides is 1. The highest BCUT2D eigenvalue weighted by atomic mass is 32.2. The maximum absolute atomic E-state index is 11.1. The van der Waals surface area contributed by atoms with Crippen molar-refractivity contribution in [1.29, 1.82) is 0 Å². The highest BCUT2D eigenvalue weighted by molar-refractivity contribution is 7.89. The van der Waals surface area contributed by atoms with Crippen molar-refractivity contribution in [2.24, 2.45) is 5.14 Å². The summed E-state index contributed by atoms with van der Waals surface area (Å²) in [6.07, 6.45) is 1.21. The molecule has 0 aromatic carbocycles. The summed E-state index contributed by atoms with van der Waals surface area (Å²) in [6, 6.07) is 0.130. The maximum Gasteiger partial charge on any atom is 0.245 e. The van der Waals surface area contributed by atoms with E-state index in [9.17, 15) is 8.42 Å². The van der Waals surface area contributed by atoms with Gasteiger partial charge in [-0.15, -0.1) is 0 Å². The highest BCUT2D eigenvalue weighted by Crippen LogP contribution is 2.25. The molecule has 0 amide bonds. The second-order valence-electron chi connectivity index (χ2n) is 3.34. The number of nitrogens with one attached hydrogen (secondary N) is 1. The molecule has 1 aliphatic heterocycles. The van der Waals surface area contributed by atoms with Gasteiger partial charge in [0.1, 0.15) is 6.61 Å². The molecular formula is C7H12N4O3S. The number of ether oxygens (including phenoxy) is 1. The summed E-state index contributed by atoms with van der Waals surface area (Å²) in [5, 5.41) is 12.0. The van der Waals surface area contributed by atoms with E-state index in [1.54, 1.807) is 0 Å². The van der Waals surface area contributed by atoms with E-state index in [4.69, 9.17) is 9.88 Å². The molecule has 8 heteroatoms. The van der Waals surface area contributed by atoms with Crippen molar-refractivity contribution in [3.05, 3.63) is 6.20 Å². The van der Waals surface area contributed by atoms with Gasteiger partial charge in [-0.25, -0.2) is 18.2 Å². The van der Waals surface area contributed by atoms with Crippen LogP contribution in [0.4, 0.5) is 0 Å². The third-order valence-electron chi connectivity index (χ3n) is 2.29. The summed E-state index contributed by atoms with van der Waals surface area (Å²) in [4.78, 5) is -0.0583. The van der Waals surface area contributed by atoms with E-state index in [-0.39, 0.29) is 16.8 Å². The average Bonchev–Trinajstić information content (AvgIpc) is 2.59. The molecule has 0 saturated heterocycles. The second-order valence-corrected chi connectivity index (χ2v) is 4.87. The lowest BCUT2D eigenvalue weighted by Crippen LogP contribution is -2.40. The fraction of sp³-hybridized carbons (Fsp3) is 0.571. The van der Waals surface area contributed by atoms with Gasteiger partial charge in [-0.3, -0.25) is 0 Å². The third-order valence-corrected chi connectivity index (χ3v) is 3.18. The van der Waals surface area contributed by atoms with Crippen LogP contribution in [0.1, 0.15) is 0 Å². The van der Waals surface area contributed by atoms with Crippen LogP contribution in [0, 0.1) is 0 Å². The van der Waals surface area contributed by atoms with Crippen LogP contribution >= 0.6 is 0 Å². The lowest BCUT2D eigenvalue weighted by molar-refractivity contribution is 0.184. The lowest BCUT2D eigenvalue weighted by atomic mass is 10.3. The minimum atomic E-state index is -3.75. The van der Waals surface area contributed by atoms with Crippen molar-refractivity contribution < 1.29 is 13.2 Å². The summed E-state index contributed by atoms with van der Waals surface area (Å²) in [7, 11) is -1.95. The van der Waals surface area contributed by atoms with E-state index in [0.29, 0.717) is 13.2 Å². The summed E-state index contributed by atoms with van der Waals surface area (Å²) in [5.41, 5.74) is 0. The largest absolute Gasteiger partial charge is 0.475 e. The van der Waals surface area contributed by atoms with Crippen LogP contribution in [0.15, 0.2) is 11.1 Å². The fourth-order valence-corrected chi connectivity index (χ4v) is 2.05. The van der Waals surface area contributed by atoms with E-state index in [1.807, 2.05) is 7.05 Å². The zero-order chi connectivity index (χ0) is 11.1. The maximum atomic E-state index is 11.1. The molecule has 2 rings (SSSR count). The summed E-state index contributed by atoms with van der Waals surface area (Å²) in [5.74, 6) is 0.226. The molecule has 0 fully saturated rings. The van der Waals surface area contributed by atoms with Gasteiger partial charge in [0.25, 0.3) is 0 Å². The number of sulfonamides is 1. The van der Waals surface area contributed by atoms with Gasteiger partial charge in [0.05, 0.1) is 18.8 Å². The van der Waals surface area contributed by atoms with Crippen LogP contribution < -0.4 is 15.2 Å². The van der Waals surface area contributed by atoms with Gasteiger partial charge in [0.15, 0.2) is 4.90 Å². The van der Waals surface area contributed by atoms with Crippen molar-refractivity contribution in [3.8, 4) is 5.88 Å². The Morgan fingerprint density at radius 2 is 2.47 bits per heavy atom. The number of fused-ring (bicyclic) bond motifs is 1. The number of nitrogens with zero attached hydrogens (tertiary/aromatic N) is 2. The standard InChI is InChI=1S/C7H12N4O3S/c1-9-5-3-11-7(14-4-5)6(2-10-11)15(8,12)13/h2,5,9H,3-4H2,1H3,(H2,8,12,13). The Morgan fingerprint density at radius 1 is 1.73 bits per heavy atom. The van der Waals surface area contributed by atoms with E-state index in [2.05, 4.69) is 10.4 Å². The first-order valence-corrected chi connectivity index (χ1v) is 5.95. The van der Waals surface area contributed by atoms with Crippen LogP contribution in [0.5, 0.6) is 5.88 Å². The number of likely N-dealkylation sites (N-methyl/N-ethyl adjacent to an activating group) is 1.